The molecule has 0 saturated carbocycles. The van der Waals surface area contributed by atoms with E-state index in [1.807, 2.05) is 60.7 Å². The molecule has 0 saturated heterocycles. The summed E-state index contributed by atoms with van der Waals surface area (Å²) in [5.41, 5.74) is 2.02. The molecule has 0 unspecified atom stereocenters. The Balaban J connectivity index is 1.83. The van der Waals surface area contributed by atoms with Crippen molar-refractivity contribution < 1.29 is 24.1 Å². The quantitative estimate of drug-likeness (QED) is 0.564. The second-order valence-corrected chi connectivity index (χ2v) is 5.84. The zero-order valence-electron chi connectivity index (χ0n) is 15.1. The maximum absolute atomic E-state index is 10.2. The van der Waals surface area contributed by atoms with Gasteiger partial charge < -0.3 is 24.1 Å². The molecule has 3 rings (SSSR count). The van der Waals surface area contributed by atoms with Crippen LogP contribution in [-0.2, 0) is 18.0 Å². The van der Waals surface area contributed by atoms with Crippen molar-refractivity contribution in [1.29, 1.82) is 0 Å². The summed E-state index contributed by atoms with van der Waals surface area (Å²) in [5, 5.41) is 10.2. The Morgan fingerprint density at radius 2 is 1.26 bits per heavy atom. The van der Waals surface area contributed by atoms with Gasteiger partial charge in [0, 0.05) is 7.11 Å². The highest BCUT2D eigenvalue weighted by Crippen LogP contribution is 2.44. The summed E-state index contributed by atoms with van der Waals surface area (Å²) in [6, 6.07) is 22.7. The number of aromatic hydroxyl groups is 1. The maximum atomic E-state index is 10.2. The van der Waals surface area contributed by atoms with E-state index < -0.39 is 0 Å². The summed E-state index contributed by atoms with van der Waals surface area (Å²) >= 11 is 0. The average Bonchev–Trinajstić information content (AvgIpc) is 2.72. The fourth-order valence-electron chi connectivity index (χ4n) is 2.51. The molecule has 0 aliphatic rings. The van der Waals surface area contributed by atoms with E-state index in [0.717, 1.165) is 11.1 Å². The van der Waals surface area contributed by atoms with Crippen molar-refractivity contribution in [3.63, 3.8) is 0 Å². The predicted molar refractivity (Wildman–Crippen MR) is 102 cm³/mol. The van der Waals surface area contributed by atoms with E-state index in [2.05, 4.69) is 0 Å². The van der Waals surface area contributed by atoms with E-state index in [-0.39, 0.29) is 18.3 Å². The van der Waals surface area contributed by atoms with Gasteiger partial charge >= 0.3 is 0 Å². The van der Waals surface area contributed by atoms with Gasteiger partial charge in [-0.15, -0.1) is 0 Å². The third-order valence-corrected chi connectivity index (χ3v) is 3.84. The molecule has 3 aromatic carbocycles. The van der Waals surface area contributed by atoms with Crippen LogP contribution in [0, 0.1) is 0 Å². The maximum Gasteiger partial charge on any atom is 0.209 e. The van der Waals surface area contributed by atoms with Crippen LogP contribution in [0.4, 0.5) is 0 Å². The lowest BCUT2D eigenvalue weighted by molar-refractivity contribution is 0.0458. The summed E-state index contributed by atoms with van der Waals surface area (Å²) in [4.78, 5) is 0. The minimum atomic E-state index is -0.0397. The van der Waals surface area contributed by atoms with Crippen molar-refractivity contribution in [1.82, 2.24) is 0 Å². The van der Waals surface area contributed by atoms with Crippen molar-refractivity contribution in [2.24, 2.45) is 0 Å². The molecule has 0 heterocycles. The standard InChI is InChI=1S/C22H22O5/c1-24-16-27-21-19(23)12-13-20(25-14-17-8-4-2-5-9-17)22(21)26-15-18-10-6-3-7-11-18/h2-13,23H,14-16H2,1H3. The van der Waals surface area contributed by atoms with Gasteiger partial charge in [-0.05, 0) is 23.3 Å². The van der Waals surface area contributed by atoms with Crippen LogP contribution in [0.15, 0.2) is 72.8 Å². The molecule has 3 aromatic rings. The molecule has 27 heavy (non-hydrogen) atoms. The van der Waals surface area contributed by atoms with E-state index in [1.54, 1.807) is 6.07 Å². The zero-order valence-corrected chi connectivity index (χ0v) is 15.1. The first-order valence-corrected chi connectivity index (χ1v) is 8.59. The van der Waals surface area contributed by atoms with Gasteiger partial charge in [-0.3, -0.25) is 0 Å². The molecule has 0 fully saturated rings. The smallest absolute Gasteiger partial charge is 0.209 e. The second-order valence-electron chi connectivity index (χ2n) is 5.84. The van der Waals surface area contributed by atoms with E-state index >= 15 is 0 Å². The summed E-state index contributed by atoms with van der Waals surface area (Å²) < 4.78 is 22.4. The number of phenolic OH excluding ortho intramolecular Hbond substituents is 1. The molecular formula is C22H22O5. The number of methoxy groups -OCH3 is 1. The van der Waals surface area contributed by atoms with Crippen molar-refractivity contribution in [2.45, 2.75) is 13.2 Å². The molecule has 0 aliphatic carbocycles. The normalized spacial score (nSPS) is 10.4. The summed E-state index contributed by atoms with van der Waals surface area (Å²) in [6.45, 7) is 0.670. The molecular weight excluding hydrogens is 344 g/mol. The lowest BCUT2D eigenvalue weighted by atomic mass is 10.2. The summed E-state index contributed by atoms with van der Waals surface area (Å²) in [7, 11) is 1.51. The first kappa shape index (κ1) is 18.6. The van der Waals surface area contributed by atoms with Crippen molar-refractivity contribution in [3.05, 3.63) is 83.9 Å². The van der Waals surface area contributed by atoms with Crippen LogP contribution >= 0.6 is 0 Å². The topological polar surface area (TPSA) is 57.2 Å². The van der Waals surface area contributed by atoms with Gasteiger partial charge in [-0.1, -0.05) is 60.7 Å². The van der Waals surface area contributed by atoms with E-state index in [1.165, 1.54) is 13.2 Å². The number of phenols is 1. The van der Waals surface area contributed by atoms with E-state index in [0.29, 0.717) is 24.7 Å². The molecule has 0 amide bonds. The van der Waals surface area contributed by atoms with Crippen LogP contribution in [0.5, 0.6) is 23.0 Å². The van der Waals surface area contributed by atoms with Gasteiger partial charge in [0.15, 0.2) is 18.3 Å². The fourth-order valence-corrected chi connectivity index (χ4v) is 2.51. The molecule has 5 heteroatoms. The largest absolute Gasteiger partial charge is 0.504 e. The van der Waals surface area contributed by atoms with Gasteiger partial charge in [0.05, 0.1) is 0 Å². The minimum Gasteiger partial charge on any atom is -0.504 e. The third kappa shape index (κ3) is 5.15. The second kappa shape index (κ2) is 9.50. The monoisotopic (exact) mass is 366 g/mol. The molecule has 1 N–H and O–H groups in total. The Hall–Kier alpha value is -3.18. The average molecular weight is 366 g/mol. The van der Waals surface area contributed by atoms with Gasteiger partial charge in [-0.25, -0.2) is 0 Å². The minimum absolute atomic E-state index is 0.0165. The Kier molecular flexibility index (Phi) is 6.55. The first-order valence-electron chi connectivity index (χ1n) is 8.59. The molecule has 0 aromatic heterocycles. The van der Waals surface area contributed by atoms with E-state index in [9.17, 15) is 5.11 Å². The Morgan fingerprint density at radius 3 is 1.85 bits per heavy atom. The van der Waals surface area contributed by atoms with Crippen molar-refractivity contribution >= 4 is 0 Å². The van der Waals surface area contributed by atoms with Crippen LogP contribution in [0.25, 0.3) is 0 Å². The number of hydrogen-bond donors (Lipinski definition) is 1. The summed E-state index contributed by atoms with van der Waals surface area (Å²) in [6.07, 6.45) is 0. The molecule has 0 bridgehead atoms. The molecule has 5 nitrogen and oxygen atoms in total. The highest BCUT2D eigenvalue weighted by molar-refractivity contribution is 5.58. The van der Waals surface area contributed by atoms with E-state index in [4.69, 9.17) is 18.9 Å². The number of benzene rings is 3. The lowest BCUT2D eigenvalue weighted by Crippen LogP contribution is -2.05. The van der Waals surface area contributed by atoms with Crippen molar-refractivity contribution in [2.75, 3.05) is 13.9 Å². The van der Waals surface area contributed by atoms with Crippen LogP contribution in [0.1, 0.15) is 11.1 Å². The molecule has 140 valence electrons. The number of hydrogen-bond acceptors (Lipinski definition) is 5. The Labute approximate surface area is 158 Å². The Morgan fingerprint density at radius 1 is 0.667 bits per heavy atom. The van der Waals surface area contributed by atoms with Crippen LogP contribution in [0.2, 0.25) is 0 Å². The zero-order chi connectivity index (χ0) is 18.9. The molecule has 0 spiro atoms. The fraction of sp³-hybridized carbons (Fsp3) is 0.182. The van der Waals surface area contributed by atoms with Crippen LogP contribution in [-0.4, -0.2) is 19.0 Å². The van der Waals surface area contributed by atoms with Gasteiger partial charge in [0.25, 0.3) is 0 Å². The predicted octanol–water partition coefficient (Wildman–Crippen LogP) is 4.53. The van der Waals surface area contributed by atoms with Gasteiger partial charge in [-0.2, -0.15) is 0 Å². The molecule has 0 aliphatic heterocycles. The number of rotatable bonds is 9. The molecule has 0 radical (unpaired) electrons. The first-order chi connectivity index (χ1) is 13.3. The Bertz CT molecular complexity index is 834. The van der Waals surface area contributed by atoms with Crippen LogP contribution in [0.3, 0.4) is 0 Å². The third-order valence-electron chi connectivity index (χ3n) is 3.84. The van der Waals surface area contributed by atoms with Crippen LogP contribution < -0.4 is 14.2 Å². The SMILES string of the molecule is COCOc1c(O)ccc(OCc2ccccc2)c1OCc1ccccc1. The van der Waals surface area contributed by atoms with Crippen molar-refractivity contribution in [3.8, 4) is 23.0 Å². The highest BCUT2D eigenvalue weighted by Gasteiger charge is 2.18. The lowest BCUT2D eigenvalue weighted by Gasteiger charge is -2.18. The number of ether oxygens (including phenoxy) is 4. The van der Waals surface area contributed by atoms with Gasteiger partial charge in [0.1, 0.15) is 13.2 Å². The molecule has 0 atom stereocenters. The summed E-state index contributed by atoms with van der Waals surface area (Å²) in [5.74, 6) is 0.978. The highest BCUT2D eigenvalue weighted by atomic mass is 16.7. The van der Waals surface area contributed by atoms with Gasteiger partial charge in [0.2, 0.25) is 11.5 Å².